The Kier molecular flexibility index (Phi) is 2.48. The normalized spacial score (nSPS) is 13.4. The van der Waals surface area contributed by atoms with Crippen LogP contribution in [0.15, 0.2) is 28.7 Å². The molecule has 1 aromatic carbocycles. The molecule has 0 saturated carbocycles. The van der Waals surface area contributed by atoms with Crippen molar-refractivity contribution >= 4 is 22.6 Å². The quantitative estimate of drug-likeness (QED) is 0.773. The number of para-hydroxylation sites is 1. The Morgan fingerprint density at radius 1 is 1.43 bits per heavy atom. The zero-order valence-corrected chi connectivity index (χ0v) is 8.58. The van der Waals surface area contributed by atoms with Crippen molar-refractivity contribution in [2.24, 2.45) is 0 Å². The third-order valence-corrected chi connectivity index (χ3v) is 2.62. The maximum atomic E-state index is 9.59. The number of alkyl halides is 1. The highest BCUT2D eigenvalue weighted by Crippen LogP contribution is 2.29. The van der Waals surface area contributed by atoms with Crippen molar-refractivity contribution in [3.8, 4) is 0 Å². The van der Waals surface area contributed by atoms with Gasteiger partial charge in [0, 0.05) is 10.9 Å². The van der Waals surface area contributed by atoms with Crippen molar-refractivity contribution in [1.29, 1.82) is 0 Å². The molecule has 0 fully saturated rings. The number of aryl methyl sites for hydroxylation is 1. The lowest BCUT2D eigenvalue weighted by Crippen LogP contribution is -1.97. The van der Waals surface area contributed by atoms with E-state index in [1.807, 2.05) is 31.2 Å². The van der Waals surface area contributed by atoms with Crippen LogP contribution in [0.25, 0.3) is 11.0 Å². The summed E-state index contributed by atoms with van der Waals surface area (Å²) < 4.78 is 5.52. The van der Waals surface area contributed by atoms with Crippen LogP contribution in [0.3, 0.4) is 0 Å². The summed E-state index contributed by atoms with van der Waals surface area (Å²) in [6.07, 6.45) is -0.718. The third-order valence-electron chi connectivity index (χ3n) is 2.33. The zero-order valence-electron chi connectivity index (χ0n) is 7.83. The molecule has 1 aromatic heterocycles. The van der Waals surface area contributed by atoms with E-state index in [2.05, 4.69) is 0 Å². The minimum Gasteiger partial charge on any atom is -0.458 e. The minimum atomic E-state index is -0.718. The molecule has 0 radical (unpaired) electrons. The average molecular weight is 211 g/mol. The second-order valence-electron chi connectivity index (χ2n) is 3.26. The van der Waals surface area contributed by atoms with Gasteiger partial charge >= 0.3 is 0 Å². The molecule has 3 heteroatoms. The van der Waals surface area contributed by atoms with Gasteiger partial charge in [0.15, 0.2) is 0 Å². The SMILES string of the molecule is Cc1c([C@H](O)CCl)oc2ccccc12. The summed E-state index contributed by atoms with van der Waals surface area (Å²) in [4.78, 5) is 0. The molecule has 0 unspecified atom stereocenters. The molecule has 0 saturated heterocycles. The van der Waals surface area contributed by atoms with Crippen LogP contribution in [0, 0.1) is 6.92 Å². The standard InChI is InChI=1S/C11H11ClO2/c1-7-8-4-2-3-5-10(8)14-11(7)9(13)6-12/h2-5,9,13H,6H2,1H3/t9-/m1/s1. The second kappa shape index (κ2) is 3.64. The number of furan rings is 1. The smallest absolute Gasteiger partial charge is 0.137 e. The van der Waals surface area contributed by atoms with Crippen LogP contribution in [0.1, 0.15) is 17.4 Å². The largest absolute Gasteiger partial charge is 0.458 e. The van der Waals surface area contributed by atoms with Crippen LogP contribution in [0.5, 0.6) is 0 Å². The summed E-state index contributed by atoms with van der Waals surface area (Å²) in [5.74, 6) is 0.724. The highest BCUT2D eigenvalue weighted by atomic mass is 35.5. The predicted octanol–water partition coefficient (Wildman–Crippen LogP) is 3.01. The Morgan fingerprint density at radius 2 is 2.14 bits per heavy atom. The maximum Gasteiger partial charge on any atom is 0.137 e. The number of aliphatic hydroxyl groups excluding tert-OH is 1. The lowest BCUT2D eigenvalue weighted by Gasteiger charge is -2.02. The molecule has 2 rings (SSSR count). The molecular formula is C11H11ClO2. The van der Waals surface area contributed by atoms with Crippen molar-refractivity contribution in [3.63, 3.8) is 0 Å². The summed E-state index contributed by atoms with van der Waals surface area (Å²) in [7, 11) is 0. The van der Waals surface area contributed by atoms with Gasteiger partial charge in [-0.15, -0.1) is 11.6 Å². The number of rotatable bonds is 2. The molecule has 2 nitrogen and oxygen atoms in total. The third kappa shape index (κ3) is 1.41. The number of halogens is 1. The van der Waals surface area contributed by atoms with Gasteiger partial charge in [-0.2, -0.15) is 0 Å². The Bertz CT molecular complexity index is 447. The van der Waals surface area contributed by atoms with Crippen molar-refractivity contribution in [2.75, 3.05) is 5.88 Å². The van der Waals surface area contributed by atoms with Crippen LogP contribution < -0.4 is 0 Å². The van der Waals surface area contributed by atoms with E-state index >= 15 is 0 Å². The van der Waals surface area contributed by atoms with E-state index in [4.69, 9.17) is 16.0 Å². The van der Waals surface area contributed by atoms with E-state index in [9.17, 15) is 5.11 Å². The Hall–Kier alpha value is -0.990. The molecular weight excluding hydrogens is 200 g/mol. The van der Waals surface area contributed by atoms with Gasteiger partial charge in [0.05, 0.1) is 5.88 Å². The number of hydrogen-bond donors (Lipinski definition) is 1. The van der Waals surface area contributed by atoms with E-state index < -0.39 is 6.10 Å². The zero-order chi connectivity index (χ0) is 10.1. The summed E-state index contributed by atoms with van der Waals surface area (Å²) >= 11 is 5.58. The molecule has 2 aromatic rings. The van der Waals surface area contributed by atoms with Gasteiger partial charge in [-0.3, -0.25) is 0 Å². The van der Waals surface area contributed by atoms with E-state index in [1.54, 1.807) is 0 Å². The molecule has 1 atom stereocenters. The number of fused-ring (bicyclic) bond motifs is 1. The molecule has 0 bridgehead atoms. The molecule has 1 heterocycles. The highest BCUT2D eigenvalue weighted by Gasteiger charge is 2.16. The molecule has 0 aliphatic carbocycles. The molecule has 1 N–H and O–H groups in total. The number of benzene rings is 1. The van der Waals surface area contributed by atoms with Gasteiger partial charge in [0.25, 0.3) is 0 Å². The summed E-state index contributed by atoms with van der Waals surface area (Å²) in [5.41, 5.74) is 1.76. The first-order valence-corrected chi connectivity index (χ1v) is 4.99. The van der Waals surface area contributed by atoms with Gasteiger partial charge in [-0.25, -0.2) is 0 Å². The fourth-order valence-corrected chi connectivity index (χ4v) is 1.72. The van der Waals surface area contributed by atoms with Gasteiger partial charge in [0.1, 0.15) is 17.4 Å². The van der Waals surface area contributed by atoms with E-state index in [1.165, 1.54) is 0 Å². The lowest BCUT2D eigenvalue weighted by molar-refractivity contribution is 0.174. The lowest BCUT2D eigenvalue weighted by atomic mass is 10.1. The van der Waals surface area contributed by atoms with Gasteiger partial charge in [0.2, 0.25) is 0 Å². The van der Waals surface area contributed by atoms with Crippen LogP contribution in [-0.2, 0) is 0 Å². The van der Waals surface area contributed by atoms with Crippen LogP contribution in [0.4, 0.5) is 0 Å². The fourth-order valence-electron chi connectivity index (χ4n) is 1.58. The molecule has 0 aliphatic rings. The number of hydrogen-bond acceptors (Lipinski definition) is 2. The topological polar surface area (TPSA) is 33.4 Å². The van der Waals surface area contributed by atoms with Crippen molar-refractivity contribution in [1.82, 2.24) is 0 Å². The van der Waals surface area contributed by atoms with Crippen molar-refractivity contribution < 1.29 is 9.52 Å². The first kappa shape index (κ1) is 9.56. The fraction of sp³-hybridized carbons (Fsp3) is 0.273. The summed E-state index contributed by atoms with van der Waals surface area (Å²) in [6.45, 7) is 1.93. The van der Waals surface area contributed by atoms with Crippen LogP contribution >= 0.6 is 11.6 Å². The highest BCUT2D eigenvalue weighted by molar-refractivity contribution is 6.18. The Morgan fingerprint density at radius 3 is 2.79 bits per heavy atom. The van der Waals surface area contributed by atoms with E-state index in [-0.39, 0.29) is 5.88 Å². The molecule has 74 valence electrons. The number of aliphatic hydroxyl groups is 1. The van der Waals surface area contributed by atoms with E-state index in [0.29, 0.717) is 5.76 Å². The second-order valence-corrected chi connectivity index (χ2v) is 3.57. The summed E-state index contributed by atoms with van der Waals surface area (Å²) in [5, 5.41) is 10.6. The first-order chi connectivity index (χ1) is 6.74. The minimum absolute atomic E-state index is 0.153. The predicted molar refractivity (Wildman–Crippen MR) is 56.6 cm³/mol. The Labute approximate surface area is 87.1 Å². The molecule has 0 amide bonds. The van der Waals surface area contributed by atoms with Gasteiger partial charge in [-0.05, 0) is 13.0 Å². The van der Waals surface area contributed by atoms with Crippen molar-refractivity contribution in [2.45, 2.75) is 13.0 Å². The van der Waals surface area contributed by atoms with Gasteiger partial charge in [-0.1, -0.05) is 18.2 Å². The average Bonchev–Trinajstić information content (AvgIpc) is 2.56. The monoisotopic (exact) mass is 210 g/mol. The van der Waals surface area contributed by atoms with E-state index in [0.717, 1.165) is 16.5 Å². The molecule has 0 aliphatic heterocycles. The summed E-state index contributed by atoms with van der Waals surface area (Å²) in [6, 6.07) is 7.70. The Balaban J connectivity index is 2.62. The maximum absolute atomic E-state index is 9.59. The van der Waals surface area contributed by atoms with Crippen molar-refractivity contribution in [3.05, 3.63) is 35.6 Å². The van der Waals surface area contributed by atoms with Gasteiger partial charge < -0.3 is 9.52 Å². The first-order valence-electron chi connectivity index (χ1n) is 4.46. The molecule has 0 spiro atoms. The van der Waals surface area contributed by atoms with Crippen LogP contribution in [-0.4, -0.2) is 11.0 Å². The molecule has 14 heavy (non-hydrogen) atoms. The van der Waals surface area contributed by atoms with Crippen LogP contribution in [0.2, 0.25) is 0 Å².